The van der Waals surface area contributed by atoms with Crippen LogP contribution in [0, 0.1) is 5.82 Å². The Hall–Kier alpha value is -1.69. The van der Waals surface area contributed by atoms with Gasteiger partial charge in [-0.15, -0.1) is 0 Å². The molecule has 0 saturated heterocycles. The van der Waals surface area contributed by atoms with Gasteiger partial charge in [0.2, 0.25) is 0 Å². The maximum Gasteiger partial charge on any atom is 0.352 e. The summed E-state index contributed by atoms with van der Waals surface area (Å²) in [6.07, 6.45) is 0. The third-order valence-corrected chi connectivity index (χ3v) is 4.57. The summed E-state index contributed by atoms with van der Waals surface area (Å²) in [6.45, 7) is 0. The van der Waals surface area contributed by atoms with Crippen LogP contribution < -0.4 is 0 Å². The number of fused-ring (bicyclic) bond motifs is 1. The van der Waals surface area contributed by atoms with Crippen molar-refractivity contribution in [3.63, 3.8) is 0 Å². The second-order valence-electron chi connectivity index (χ2n) is 4.53. The summed E-state index contributed by atoms with van der Waals surface area (Å²) < 4.78 is 13.2. The second kappa shape index (κ2) is 5.83. The molecule has 112 valence electrons. The lowest BCUT2D eigenvalue weighted by Gasteiger charge is -2.05. The fraction of sp³-hybridized carbons (Fsp3) is 0. The summed E-state index contributed by atoms with van der Waals surface area (Å²) >= 11 is 13.2. The maximum absolute atomic E-state index is 13.2. The molecule has 3 rings (SSSR count). The van der Waals surface area contributed by atoms with Crippen molar-refractivity contribution in [3.05, 3.63) is 58.0 Å². The first-order chi connectivity index (χ1) is 10.4. The monoisotopic (exact) mass is 355 g/mol. The lowest BCUT2D eigenvalue weighted by atomic mass is 10.2. The first-order valence-corrected chi connectivity index (χ1v) is 7.70. The van der Waals surface area contributed by atoms with E-state index in [0.29, 0.717) is 10.5 Å². The highest BCUT2D eigenvalue weighted by Crippen LogP contribution is 2.37. The molecule has 2 N–H and O–H groups in total. The van der Waals surface area contributed by atoms with Gasteiger partial charge in [-0.05, 0) is 36.4 Å². The number of hydrogen-bond acceptors (Lipinski definition) is 2. The minimum atomic E-state index is -1.05. The molecule has 0 aliphatic rings. The third-order valence-electron chi connectivity index (χ3n) is 3.01. The Morgan fingerprint density at radius 1 is 1.18 bits per heavy atom. The van der Waals surface area contributed by atoms with Crippen molar-refractivity contribution in [2.45, 2.75) is 9.79 Å². The van der Waals surface area contributed by atoms with Gasteiger partial charge in [-0.1, -0.05) is 35.0 Å². The van der Waals surface area contributed by atoms with Gasteiger partial charge < -0.3 is 10.1 Å². The second-order valence-corrected chi connectivity index (χ2v) is 6.49. The van der Waals surface area contributed by atoms with Crippen LogP contribution in [-0.4, -0.2) is 16.1 Å². The van der Waals surface area contributed by atoms with Crippen molar-refractivity contribution in [1.82, 2.24) is 4.98 Å². The van der Waals surface area contributed by atoms with Crippen molar-refractivity contribution in [3.8, 4) is 0 Å². The zero-order chi connectivity index (χ0) is 15.9. The Kier molecular flexibility index (Phi) is 4.04. The lowest BCUT2D eigenvalue weighted by molar-refractivity contribution is 0.0691. The van der Waals surface area contributed by atoms with Crippen molar-refractivity contribution in [2.75, 3.05) is 0 Å². The number of benzene rings is 2. The molecule has 0 saturated carbocycles. The molecule has 0 unspecified atom stereocenters. The van der Waals surface area contributed by atoms with Crippen molar-refractivity contribution in [2.24, 2.45) is 0 Å². The number of aromatic carboxylic acids is 1. The molecule has 3 nitrogen and oxygen atoms in total. The number of aromatic amines is 1. The van der Waals surface area contributed by atoms with Gasteiger partial charge in [0.25, 0.3) is 0 Å². The average molecular weight is 356 g/mol. The van der Waals surface area contributed by atoms with Gasteiger partial charge >= 0.3 is 5.97 Å². The molecule has 0 fully saturated rings. The highest BCUT2D eigenvalue weighted by atomic mass is 35.5. The Bertz CT molecular complexity index is 895. The van der Waals surface area contributed by atoms with E-state index in [1.165, 1.54) is 23.9 Å². The maximum atomic E-state index is 13.2. The fourth-order valence-electron chi connectivity index (χ4n) is 2.04. The molecule has 0 bridgehead atoms. The van der Waals surface area contributed by atoms with E-state index in [1.54, 1.807) is 24.3 Å². The molecule has 3 aromatic rings. The number of halogens is 3. The smallest absolute Gasteiger partial charge is 0.352 e. The van der Waals surface area contributed by atoms with Crippen LogP contribution in [0.25, 0.3) is 10.9 Å². The molecule has 0 aliphatic carbocycles. The molecule has 0 radical (unpaired) electrons. The molecular weight excluding hydrogens is 348 g/mol. The van der Waals surface area contributed by atoms with Crippen LogP contribution in [0.5, 0.6) is 0 Å². The predicted octanol–water partition coefficient (Wildman–Crippen LogP) is 5.46. The van der Waals surface area contributed by atoms with Gasteiger partial charge in [0.1, 0.15) is 11.5 Å². The van der Waals surface area contributed by atoms with E-state index < -0.39 is 11.8 Å². The topological polar surface area (TPSA) is 53.1 Å². The molecule has 0 spiro atoms. The number of hydrogen-bond donors (Lipinski definition) is 2. The first kappa shape index (κ1) is 15.2. The summed E-state index contributed by atoms with van der Waals surface area (Å²) in [7, 11) is 0. The van der Waals surface area contributed by atoms with Crippen LogP contribution in [0.2, 0.25) is 10.0 Å². The molecule has 0 atom stereocenters. The third kappa shape index (κ3) is 2.92. The van der Waals surface area contributed by atoms with Gasteiger partial charge in [0, 0.05) is 25.7 Å². The molecule has 1 heterocycles. The molecule has 7 heteroatoms. The highest BCUT2D eigenvalue weighted by Gasteiger charge is 2.13. The Labute approximate surface area is 139 Å². The minimum absolute atomic E-state index is 0.0311. The zero-order valence-electron chi connectivity index (χ0n) is 10.9. The number of carbonyl (C=O) groups is 1. The predicted molar refractivity (Wildman–Crippen MR) is 85.8 cm³/mol. The van der Waals surface area contributed by atoms with Crippen LogP contribution >= 0.6 is 35.0 Å². The standard InChI is InChI=1S/C15H8Cl2FNO2S/c16-7-3-12-9(6-13(19-12)15(20)21)14(4-7)22-8-1-2-11(18)10(17)5-8/h1-6,19H,(H,20,21). The van der Waals surface area contributed by atoms with E-state index in [1.807, 2.05) is 0 Å². The molecule has 0 amide bonds. The normalized spacial score (nSPS) is 11.0. The molecule has 22 heavy (non-hydrogen) atoms. The van der Waals surface area contributed by atoms with Gasteiger partial charge in [-0.25, -0.2) is 9.18 Å². The summed E-state index contributed by atoms with van der Waals surface area (Å²) in [5.41, 5.74) is 0.705. The van der Waals surface area contributed by atoms with Crippen LogP contribution in [0.15, 0.2) is 46.2 Å². The van der Waals surface area contributed by atoms with E-state index >= 15 is 0 Å². The van der Waals surface area contributed by atoms with E-state index in [4.69, 9.17) is 28.3 Å². The molecule has 0 aliphatic heterocycles. The van der Waals surface area contributed by atoms with Crippen molar-refractivity contribution < 1.29 is 14.3 Å². The molecule has 1 aromatic heterocycles. The summed E-state index contributed by atoms with van der Waals surface area (Å²) in [5, 5.41) is 10.3. The van der Waals surface area contributed by atoms with Gasteiger partial charge in [-0.3, -0.25) is 0 Å². The van der Waals surface area contributed by atoms with Crippen LogP contribution in [0.3, 0.4) is 0 Å². The number of H-pyrrole nitrogens is 1. The van der Waals surface area contributed by atoms with E-state index in [-0.39, 0.29) is 10.7 Å². The van der Waals surface area contributed by atoms with Crippen LogP contribution in [0.4, 0.5) is 4.39 Å². The van der Waals surface area contributed by atoms with Gasteiger partial charge in [0.05, 0.1) is 5.02 Å². The van der Waals surface area contributed by atoms with Crippen molar-refractivity contribution >= 4 is 51.8 Å². The largest absolute Gasteiger partial charge is 0.477 e. The minimum Gasteiger partial charge on any atom is -0.477 e. The fourth-order valence-corrected chi connectivity index (χ4v) is 3.60. The van der Waals surface area contributed by atoms with Crippen LogP contribution in [-0.2, 0) is 0 Å². The summed E-state index contributed by atoms with van der Waals surface area (Å²) in [6, 6.07) is 9.33. The Morgan fingerprint density at radius 2 is 1.95 bits per heavy atom. The molecule has 2 aromatic carbocycles. The number of aromatic nitrogens is 1. The Morgan fingerprint density at radius 3 is 2.64 bits per heavy atom. The van der Waals surface area contributed by atoms with E-state index in [9.17, 15) is 9.18 Å². The Balaban J connectivity index is 2.08. The van der Waals surface area contributed by atoms with E-state index in [0.717, 1.165) is 15.2 Å². The quantitative estimate of drug-likeness (QED) is 0.655. The first-order valence-electron chi connectivity index (χ1n) is 6.12. The van der Waals surface area contributed by atoms with E-state index in [2.05, 4.69) is 4.98 Å². The summed E-state index contributed by atoms with van der Waals surface area (Å²) in [5.74, 6) is -1.54. The zero-order valence-corrected chi connectivity index (χ0v) is 13.2. The summed E-state index contributed by atoms with van der Waals surface area (Å²) in [4.78, 5) is 15.4. The average Bonchev–Trinajstić information content (AvgIpc) is 2.87. The van der Waals surface area contributed by atoms with Crippen LogP contribution in [0.1, 0.15) is 10.5 Å². The molecular formula is C15H8Cl2FNO2S. The number of rotatable bonds is 3. The number of carboxylic acid groups (broad SMARTS) is 1. The van der Waals surface area contributed by atoms with Gasteiger partial charge in [0.15, 0.2) is 0 Å². The number of carboxylic acids is 1. The van der Waals surface area contributed by atoms with Crippen molar-refractivity contribution in [1.29, 1.82) is 0 Å². The number of nitrogens with one attached hydrogen (secondary N) is 1. The SMILES string of the molecule is O=C(O)c1cc2c(Sc3ccc(F)c(Cl)c3)cc(Cl)cc2[nH]1. The highest BCUT2D eigenvalue weighted by molar-refractivity contribution is 7.99. The lowest BCUT2D eigenvalue weighted by Crippen LogP contribution is -1.94. The van der Waals surface area contributed by atoms with Gasteiger partial charge in [-0.2, -0.15) is 0 Å².